The first-order chi connectivity index (χ1) is 16.7. The van der Waals surface area contributed by atoms with E-state index in [1.54, 1.807) is 23.0 Å². The third kappa shape index (κ3) is 4.22. The van der Waals surface area contributed by atoms with Crippen molar-refractivity contribution in [1.82, 2.24) is 24.5 Å². The highest BCUT2D eigenvalue weighted by Crippen LogP contribution is 2.25. The Morgan fingerprint density at radius 1 is 1.09 bits per heavy atom. The van der Waals surface area contributed by atoms with Crippen molar-refractivity contribution < 1.29 is 9.21 Å². The lowest BCUT2D eigenvalue weighted by atomic mass is 10.1. The minimum atomic E-state index is -0.161. The first-order valence-electron chi connectivity index (χ1n) is 11.0. The number of amides is 1. The largest absolute Gasteiger partial charge is 0.467 e. The van der Waals surface area contributed by atoms with Gasteiger partial charge in [-0.3, -0.25) is 18.6 Å². The second-order valence-corrected chi connectivity index (χ2v) is 8.79. The number of carbonyl (C=O) groups excluding carboxylic acids is 1. The summed E-state index contributed by atoms with van der Waals surface area (Å²) >= 11 is 1.52. The second kappa shape index (κ2) is 9.56. The number of nitrogens with one attached hydrogen (secondary N) is 1. The SMILES string of the molecule is CCCn1c(=O)c2ccccc2n2c(SCc3cccc(C(=O)NCc4ccco4)c3)nnc12. The first-order valence-corrected chi connectivity index (χ1v) is 12.0. The van der Waals surface area contributed by atoms with Gasteiger partial charge in [0.25, 0.3) is 11.5 Å². The Morgan fingerprint density at radius 2 is 1.97 bits per heavy atom. The molecule has 9 heteroatoms. The van der Waals surface area contributed by atoms with E-state index in [-0.39, 0.29) is 11.5 Å². The molecule has 5 aromatic rings. The molecule has 3 aromatic heterocycles. The Labute approximate surface area is 199 Å². The summed E-state index contributed by atoms with van der Waals surface area (Å²) in [4.78, 5) is 25.5. The summed E-state index contributed by atoms with van der Waals surface area (Å²) in [6.07, 6.45) is 2.40. The Balaban J connectivity index is 1.40. The molecule has 0 saturated heterocycles. The molecule has 0 aliphatic heterocycles. The molecule has 34 heavy (non-hydrogen) atoms. The zero-order valence-corrected chi connectivity index (χ0v) is 19.4. The lowest BCUT2D eigenvalue weighted by Gasteiger charge is -2.10. The van der Waals surface area contributed by atoms with Crippen LogP contribution in [0.3, 0.4) is 0 Å². The number of benzene rings is 2. The van der Waals surface area contributed by atoms with Gasteiger partial charge < -0.3 is 9.73 Å². The maximum atomic E-state index is 13.0. The third-order valence-electron chi connectivity index (χ3n) is 5.49. The molecule has 1 N–H and O–H groups in total. The van der Waals surface area contributed by atoms with Crippen molar-refractivity contribution in [3.63, 3.8) is 0 Å². The second-order valence-electron chi connectivity index (χ2n) is 7.84. The van der Waals surface area contributed by atoms with E-state index < -0.39 is 0 Å². The minimum Gasteiger partial charge on any atom is -0.467 e. The minimum absolute atomic E-state index is 0.0536. The number of para-hydroxylation sites is 1. The number of aromatic nitrogens is 4. The van der Waals surface area contributed by atoms with Crippen molar-refractivity contribution in [2.75, 3.05) is 0 Å². The Morgan fingerprint density at radius 3 is 2.79 bits per heavy atom. The highest BCUT2D eigenvalue weighted by molar-refractivity contribution is 7.98. The summed E-state index contributed by atoms with van der Waals surface area (Å²) in [6.45, 7) is 2.94. The average Bonchev–Trinajstić information content (AvgIpc) is 3.54. The Bertz CT molecular complexity index is 1520. The van der Waals surface area contributed by atoms with Crippen LogP contribution in [0.15, 0.2) is 81.3 Å². The molecule has 8 nitrogen and oxygen atoms in total. The zero-order chi connectivity index (χ0) is 23.5. The van der Waals surface area contributed by atoms with Crippen molar-refractivity contribution in [2.24, 2.45) is 0 Å². The van der Waals surface area contributed by atoms with Gasteiger partial charge in [-0.05, 0) is 48.4 Å². The molecule has 3 heterocycles. The average molecular weight is 474 g/mol. The van der Waals surface area contributed by atoms with E-state index in [2.05, 4.69) is 15.5 Å². The van der Waals surface area contributed by atoms with Gasteiger partial charge in [0.2, 0.25) is 5.78 Å². The van der Waals surface area contributed by atoms with Gasteiger partial charge >= 0.3 is 0 Å². The lowest BCUT2D eigenvalue weighted by molar-refractivity contribution is 0.0948. The van der Waals surface area contributed by atoms with Crippen molar-refractivity contribution in [3.05, 3.63) is 94.2 Å². The number of fused-ring (bicyclic) bond motifs is 3. The van der Waals surface area contributed by atoms with Crippen molar-refractivity contribution >= 4 is 34.3 Å². The summed E-state index contributed by atoms with van der Waals surface area (Å²) in [5, 5.41) is 12.9. The molecule has 0 spiro atoms. The summed E-state index contributed by atoms with van der Waals surface area (Å²) in [5.41, 5.74) is 2.30. The van der Waals surface area contributed by atoms with Crippen LogP contribution in [-0.2, 0) is 18.8 Å². The fourth-order valence-electron chi connectivity index (χ4n) is 3.89. The first kappa shape index (κ1) is 22.0. The monoisotopic (exact) mass is 473 g/mol. The van der Waals surface area contributed by atoms with Gasteiger partial charge in [-0.25, -0.2) is 0 Å². The van der Waals surface area contributed by atoms with E-state index in [1.807, 2.05) is 59.9 Å². The lowest BCUT2D eigenvalue weighted by Crippen LogP contribution is -2.23. The van der Waals surface area contributed by atoms with Crippen LogP contribution in [0, 0.1) is 0 Å². The Kier molecular flexibility index (Phi) is 6.18. The molecule has 1 amide bonds. The molecular weight excluding hydrogens is 450 g/mol. The normalized spacial score (nSPS) is 11.3. The number of aryl methyl sites for hydroxylation is 1. The fraction of sp³-hybridized carbons (Fsp3) is 0.200. The van der Waals surface area contributed by atoms with Gasteiger partial charge in [-0.15, -0.1) is 10.2 Å². The molecule has 0 unspecified atom stereocenters. The van der Waals surface area contributed by atoms with E-state index >= 15 is 0 Å². The summed E-state index contributed by atoms with van der Waals surface area (Å²) in [5.74, 6) is 1.68. The maximum Gasteiger partial charge on any atom is 0.262 e. The van der Waals surface area contributed by atoms with Crippen LogP contribution in [0.5, 0.6) is 0 Å². The zero-order valence-electron chi connectivity index (χ0n) is 18.6. The quantitative estimate of drug-likeness (QED) is 0.338. The highest BCUT2D eigenvalue weighted by Gasteiger charge is 2.16. The van der Waals surface area contributed by atoms with Crippen LogP contribution >= 0.6 is 11.8 Å². The van der Waals surface area contributed by atoms with Crippen LogP contribution in [0.4, 0.5) is 0 Å². The van der Waals surface area contributed by atoms with Crippen LogP contribution in [0.1, 0.15) is 35.0 Å². The standard InChI is InChI=1S/C25H23N5O3S/c1-2-12-29-23(32)20-10-3-4-11-21(20)30-24(29)27-28-25(30)34-16-17-7-5-8-18(14-17)22(31)26-15-19-9-6-13-33-19/h3-11,13-14H,2,12,15-16H2,1H3,(H,26,31). The van der Waals surface area contributed by atoms with Crippen molar-refractivity contribution in [1.29, 1.82) is 0 Å². The van der Waals surface area contributed by atoms with E-state index in [4.69, 9.17) is 4.42 Å². The molecule has 5 rings (SSSR count). The number of nitrogens with zero attached hydrogens (tertiary/aromatic N) is 4. The fourth-order valence-corrected chi connectivity index (χ4v) is 4.77. The molecule has 0 atom stereocenters. The van der Waals surface area contributed by atoms with Gasteiger partial charge in [0.15, 0.2) is 5.16 Å². The van der Waals surface area contributed by atoms with E-state index in [0.29, 0.717) is 46.5 Å². The molecule has 172 valence electrons. The number of carbonyl (C=O) groups is 1. The molecule has 0 saturated carbocycles. The maximum absolute atomic E-state index is 13.0. The smallest absolute Gasteiger partial charge is 0.262 e. The molecular formula is C25H23N5O3S. The van der Waals surface area contributed by atoms with E-state index in [1.165, 1.54) is 11.8 Å². The van der Waals surface area contributed by atoms with Gasteiger partial charge in [-0.1, -0.05) is 43.0 Å². The van der Waals surface area contributed by atoms with Gasteiger partial charge in [0.05, 0.1) is 23.7 Å². The van der Waals surface area contributed by atoms with Crippen LogP contribution in [0.25, 0.3) is 16.7 Å². The molecule has 0 fully saturated rings. The van der Waals surface area contributed by atoms with Crippen molar-refractivity contribution in [2.45, 2.75) is 37.3 Å². The number of hydrogen-bond donors (Lipinski definition) is 1. The van der Waals surface area contributed by atoms with Crippen LogP contribution in [0.2, 0.25) is 0 Å². The predicted octanol–water partition coefficient (Wildman–Crippen LogP) is 4.27. The van der Waals surface area contributed by atoms with Crippen molar-refractivity contribution in [3.8, 4) is 0 Å². The highest BCUT2D eigenvalue weighted by atomic mass is 32.2. The molecule has 2 aromatic carbocycles. The Hall–Kier alpha value is -3.85. The number of furan rings is 1. The van der Waals surface area contributed by atoms with E-state index in [9.17, 15) is 9.59 Å². The summed E-state index contributed by atoms with van der Waals surface area (Å²) < 4.78 is 8.89. The number of hydrogen-bond acceptors (Lipinski definition) is 6. The molecule has 0 radical (unpaired) electrons. The summed E-state index contributed by atoms with van der Waals surface area (Å²) in [6, 6.07) is 18.6. The predicted molar refractivity (Wildman–Crippen MR) is 131 cm³/mol. The van der Waals surface area contributed by atoms with Gasteiger partial charge in [-0.2, -0.15) is 0 Å². The van der Waals surface area contributed by atoms with Gasteiger partial charge in [0, 0.05) is 17.9 Å². The summed E-state index contributed by atoms with van der Waals surface area (Å²) in [7, 11) is 0. The molecule has 0 aliphatic carbocycles. The topological polar surface area (TPSA) is 94.4 Å². The van der Waals surface area contributed by atoms with Crippen LogP contribution in [-0.4, -0.2) is 25.1 Å². The van der Waals surface area contributed by atoms with E-state index in [0.717, 1.165) is 17.5 Å². The number of rotatable bonds is 8. The molecule has 0 bridgehead atoms. The van der Waals surface area contributed by atoms with Gasteiger partial charge in [0.1, 0.15) is 5.76 Å². The van der Waals surface area contributed by atoms with Crippen LogP contribution < -0.4 is 10.9 Å². The third-order valence-corrected chi connectivity index (χ3v) is 6.49. The number of thioether (sulfide) groups is 1. The molecule has 0 aliphatic rings.